The number of amides is 1. The molecule has 0 unspecified atom stereocenters. The highest BCUT2D eigenvalue weighted by atomic mass is 32.2. The van der Waals surface area contributed by atoms with Gasteiger partial charge >= 0.3 is 0 Å². The summed E-state index contributed by atoms with van der Waals surface area (Å²) >= 11 is 1.80. The maximum Gasteiger partial charge on any atom is 0.252 e. The second-order valence-corrected chi connectivity index (χ2v) is 10.5. The third-order valence-electron chi connectivity index (χ3n) is 5.57. The van der Waals surface area contributed by atoms with Crippen LogP contribution in [0.25, 0.3) is 0 Å². The van der Waals surface area contributed by atoms with Crippen LogP contribution in [0, 0.1) is 34.6 Å². The van der Waals surface area contributed by atoms with Crippen molar-refractivity contribution < 1.29 is 9.59 Å². The van der Waals surface area contributed by atoms with E-state index in [1.54, 1.807) is 30.0 Å². The van der Waals surface area contributed by atoms with E-state index < -0.39 is 0 Å². The van der Waals surface area contributed by atoms with Gasteiger partial charge in [-0.2, -0.15) is 11.8 Å². The van der Waals surface area contributed by atoms with Crippen LogP contribution in [-0.4, -0.2) is 28.7 Å². The van der Waals surface area contributed by atoms with Crippen molar-refractivity contribution in [2.75, 3.05) is 12.3 Å². The Balaban J connectivity index is 2.34. The van der Waals surface area contributed by atoms with E-state index >= 15 is 0 Å². The first-order valence-corrected chi connectivity index (χ1v) is 11.1. The average Bonchev–Trinajstić information content (AvgIpc) is 2.67. The van der Waals surface area contributed by atoms with E-state index in [4.69, 9.17) is 0 Å². The molecule has 156 valence electrons. The van der Waals surface area contributed by atoms with E-state index in [1.807, 2.05) is 19.9 Å². The van der Waals surface area contributed by atoms with Crippen molar-refractivity contribution in [1.29, 1.82) is 0 Å². The zero-order valence-electron chi connectivity index (χ0n) is 18.9. The number of benzene rings is 2. The first kappa shape index (κ1) is 23.2. The smallest absolute Gasteiger partial charge is 0.252 e. The summed E-state index contributed by atoms with van der Waals surface area (Å²) in [6.45, 7) is 17.2. The molecular weight excluding hydrogens is 378 g/mol. The van der Waals surface area contributed by atoms with Crippen LogP contribution in [0.2, 0.25) is 0 Å². The lowest BCUT2D eigenvalue weighted by Gasteiger charge is -2.19. The van der Waals surface area contributed by atoms with E-state index in [-0.39, 0.29) is 16.4 Å². The Bertz CT molecular complexity index is 910. The first-order chi connectivity index (χ1) is 13.5. The molecule has 2 aromatic carbocycles. The normalized spacial score (nSPS) is 11.4. The van der Waals surface area contributed by atoms with Crippen molar-refractivity contribution in [3.8, 4) is 0 Å². The van der Waals surface area contributed by atoms with Gasteiger partial charge in [-0.25, -0.2) is 0 Å². The highest BCUT2D eigenvalue weighted by Crippen LogP contribution is 2.29. The van der Waals surface area contributed by atoms with Crippen molar-refractivity contribution >= 4 is 23.5 Å². The van der Waals surface area contributed by atoms with Gasteiger partial charge in [0.2, 0.25) is 0 Å². The second kappa shape index (κ2) is 9.17. The fraction of sp³-hybridized carbons (Fsp3) is 0.440. The molecule has 0 radical (unpaired) electrons. The van der Waals surface area contributed by atoms with Gasteiger partial charge in [0.05, 0.1) is 5.56 Å². The maximum atomic E-state index is 13.5. The molecule has 1 N–H and O–H groups in total. The molecule has 0 spiro atoms. The van der Waals surface area contributed by atoms with Crippen molar-refractivity contribution in [2.45, 2.75) is 60.1 Å². The molecule has 0 aromatic heterocycles. The molecule has 0 aliphatic carbocycles. The topological polar surface area (TPSA) is 46.2 Å². The van der Waals surface area contributed by atoms with Crippen LogP contribution >= 0.6 is 11.8 Å². The molecule has 0 saturated carbocycles. The van der Waals surface area contributed by atoms with Crippen LogP contribution in [0.3, 0.4) is 0 Å². The van der Waals surface area contributed by atoms with Crippen LogP contribution in [-0.2, 0) is 0 Å². The number of nitrogens with one attached hydrogen (secondary N) is 1. The highest BCUT2D eigenvalue weighted by molar-refractivity contribution is 8.00. The van der Waals surface area contributed by atoms with Gasteiger partial charge in [0, 0.05) is 28.2 Å². The van der Waals surface area contributed by atoms with E-state index in [9.17, 15) is 9.59 Å². The van der Waals surface area contributed by atoms with Crippen LogP contribution in [0.15, 0.2) is 24.3 Å². The minimum atomic E-state index is -0.195. The molecule has 0 fully saturated rings. The summed E-state index contributed by atoms with van der Waals surface area (Å²) in [5.41, 5.74) is 7.10. The van der Waals surface area contributed by atoms with Crippen LogP contribution < -0.4 is 5.32 Å². The Morgan fingerprint density at radius 2 is 1.31 bits per heavy atom. The zero-order chi connectivity index (χ0) is 21.9. The molecule has 0 atom stereocenters. The summed E-state index contributed by atoms with van der Waals surface area (Å²) in [6.07, 6.45) is 0. The number of rotatable bonds is 6. The van der Waals surface area contributed by atoms with E-state index in [0.717, 1.165) is 28.0 Å². The summed E-state index contributed by atoms with van der Waals surface area (Å²) in [6, 6.07) is 7.11. The summed E-state index contributed by atoms with van der Waals surface area (Å²) in [5.74, 6) is 0.556. The number of carbonyl (C=O) groups excluding carboxylic acids is 2. The summed E-state index contributed by atoms with van der Waals surface area (Å²) < 4.78 is 0.162. The number of carbonyl (C=O) groups is 2. The SMILES string of the molecule is Cc1c(C)c(C)c(C(=O)c2ccccc2C(=O)NCCSC(C)(C)C)c(C)c1C. The van der Waals surface area contributed by atoms with Crippen molar-refractivity contribution in [3.05, 3.63) is 68.8 Å². The van der Waals surface area contributed by atoms with E-state index in [0.29, 0.717) is 23.2 Å². The quantitative estimate of drug-likeness (QED) is 0.488. The Morgan fingerprint density at radius 1 is 0.828 bits per heavy atom. The monoisotopic (exact) mass is 411 g/mol. The van der Waals surface area contributed by atoms with Crippen molar-refractivity contribution in [1.82, 2.24) is 5.32 Å². The minimum Gasteiger partial charge on any atom is -0.351 e. The van der Waals surface area contributed by atoms with Gasteiger partial charge < -0.3 is 5.32 Å². The lowest BCUT2D eigenvalue weighted by molar-refractivity contribution is 0.0944. The molecular formula is C25H33NO2S. The second-order valence-electron chi connectivity index (χ2n) is 8.59. The Hall–Kier alpha value is -2.07. The van der Waals surface area contributed by atoms with Gasteiger partial charge in [0.1, 0.15) is 0 Å². The maximum absolute atomic E-state index is 13.5. The van der Waals surface area contributed by atoms with Gasteiger partial charge in [0.15, 0.2) is 5.78 Å². The van der Waals surface area contributed by atoms with Crippen molar-refractivity contribution in [2.24, 2.45) is 0 Å². The molecule has 4 heteroatoms. The van der Waals surface area contributed by atoms with Crippen LogP contribution in [0.4, 0.5) is 0 Å². The molecule has 0 heterocycles. The Kier molecular flexibility index (Phi) is 7.34. The Morgan fingerprint density at radius 3 is 1.83 bits per heavy atom. The minimum absolute atomic E-state index is 0.0824. The first-order valence-electron chi connectivity index (χ1n) is 10.1. The molecule has 0 saturated heterocycles. The van der Waals surface area contributed by atoms with Crippen LogP contribution in [0.1, 0.15) is 74.9 Å². The number of thioether (sulfide) groups is 1. The molecule has 0 aliphatic heterocycles. The van der Waals surface area contributed by atoms with Gasteiger partial charge in [-0.05, 0) is 68.5 Å². The van der Waals surface area contributed by atoms with Gasteiger partial charge in [0.25, 0.3) is 5.91 Å². The number of hydrogen-bond acceptors (Lipinski definition) is 3. The Labute approximate surface area is 179 Å². The highest BCUT2D eigenvalue weighted by Gasteiger charge is 2.23. The lowest BCUT2D eigenvalue weighted by Crippen LogP contribution is -2.28. The zero-order valence-corrected chi connectivity index (χ0v) is 19.8. The summed E-state index contributed by atoms with van der Waals surface area (Å²) in [7, 11) is 0. The number of hydrogen-bond donors (Lipinski definition) is 1. The summed E-state index contributed by atoms with van der Waals surface area (Å²) in [5, 5.41) is 2.97. The average molecular weight is 412 g/mol. The molecule has 0 bridgehead atoms. The third kappa shape index (κ3) is 5.30. The van der Waals surface area contributed by atoms with E-state index in [1.165, 1.54) is 5.56 Å². The van der Waals surface area contributed by atoms with Crippen molar-refractivity contribution in [3.63, 3.8) is 0 Å². The predicted octanol–water partition coefficient (Wildman–Crippen LogP) is 5.72. The number of ketones is 1. The fourth-order valence-electron chi connectivity index (χ4n) is 3.47. The standard InChI is InChI=1S/C25H33NO2S/c1-15-16(2)18(4)22(19(5)17(15)3)23(27)20-11-9-10-12-21(20)24(28)26-13-14-29-25(6,7)8/h9-12H,13-14H2,1-8H3,(H,26,28). The molecule has 29 heavy (non-hydrogen) atoms. The van der Waals surface area contributed by atoms with Crippen LogP contribution in [0.5, 0.6) is 0 Å². The van der Waals surface area contributed by atoms with E-state index in [2.05, 4.69) is 46.9 Å². The molecule has 1 amide bonds. The largest absolute Gasteiger partial charge is 0.351 e. The van der Waals surface area contributed by atoms with Gasteiger partial charge in [-0.15, -0.1) is 0 Å². The molecule has 3 nitrogen and oxygen atoms in total. The predicted molar refractivity (Wildman–Crippen MR) is 125 cm³/mol. The molecule has 2 rings (SSSR count). The van der Waals surface area contributed by atoms with Gasteiger partial charge in [-0.1, -0.05) is 39.0 Å². The fourth-order valence-corrected chi connectivity index (χ4v) is 4.29. The molecule has 2 aromatic rings. The third-order valence-corrected chi connectivity index (χ3v) is 6.84. The van der Waals surface area contributed by atoms with Gasteiger partial charge in [-0.3, -0.25) is 9.59 Å². The lowest BCUT2D eigenvalue weighted by atomic mass is 9.85. The molecule has 0 aliphatic rings. The summed E-state index contributed by atoms with van der Waals surface area (Å²) in [4.78, 5) is 26.3.